The van der Waals surface area contributed by atoms with Gasteiger partial charge >= 0.3 is 0 Å². The Kier molecular flexibility index (Phi) is 6.57. The smallest absolute Gasteiger partial charge is 0.251 e. The molecule has 0 N–H and O–H groups in total. The number of alkyl halides is 3. The highest BCUT2D eigenvalue weighted by molar-refractivity contribution is 9.09. The zero-order valence-electron chi connectivity index (χ0n) is 9.08. The Morgan fingerprint density at radius 1 is 1.12 bits per heavy atom. The number of hydrogen-bond donors (Lipinski definition) is 0. The molecule has 0 saturated heterocycles. The minimum absolute atomic E-state index is 0.140. The lowest BCUT2D eigenvalue weighted by molar-refractivity contribution is 0.0920. The van der Waals surface area contributed by atoms with Crippen molar-refractivity contribution in [3.8, 4) is 0 Å². The van der Waals surface area contributed by atoms with E-state index in [1.165, 1.54) is 5.56 Å². The normalized spacial score (nSPS) is 11.3. The molecule has 1 aromatic carbocycles. The highest BCUT2D eigenvalue weighted by atomic mass is 79.9. The topological polar surface area (TPSA) is 3.24 Å². The average Bonchev–Trinajstić information content (AvgIpc) is 2.27. The molecule has 16 heavy (non-hydrogen) atoms. The largest absolute Gasteiger partial charge is 0.297 e. The number of halogens is 3. The van der Waals surface area contributed by atoms with Crippen LogP contribution in [0.25, 0.3) is 0 Å². The number of benzene rings is 1. The predicted octanol–water partition coefficient (Wildman–Crippen LogP) is 3.19. The molecule has 0 aliphatic carbocycles. The number of hydrogen-bond acceptors (Lipinski definition) is 1. The fourth-order valence-corrected chi connectivity index (χ4v) is 2.04. The van der Waals surface area contributed by atoms with E-state index in [9.17, 15) is 8.78 Å². The zero-order chi connectivity index (χ0) is 11.8. The van der Waals surface area contributed by atoms with E-state index in [2.05, 4.69) is 15.9 Å². The summed E-state index contributed by atoms with van der Waals surface area (Å²) in [5, 5.41) is 0.731. The van der Waals surface area contributed by atoms with Gasteiger partial charge in [0.1, 0.15) is 0 Å². The van der Waals surface area contributed by atoms with Crippen LogP contribution in [0.5, 0.6) is 0 Å². The van der Waals surface area contributed by atoms with Gasteiger partial charge in [0.15, 0.2) is 0 Å². The Morgan fingerprint density at radius 3 is 2.38 bits per heavy atom. The van der Waals surface area contributed by atoms with Crippen molar-refractivity contribution in [3.05, 3.63) is 35.9 Å². The van der Waals surface area contributed by atoms with Crippen LogP contribution in [-0.4, -0.2) is 36.3 Å². The third kappa shape index (κ3) is 5.56. The van der Waals surface area contributed by atoms with E-state index in [1.807, 2.05) is 30.3 Å². The van der Waals surface area contributed by atoms with Crippen molar-refractivity contribution in [2.24, 2.45) is 0 Å². The molecule has 0 amide bonds. The summed E-state index contributed by atoms with van der Waals surface area (Å²) in [7, 11) is 0. The Morgan fingerprint density at radius 2 is 1.81 bits per heavy atom. The van der Waals surface area contributed by atoms with Gasteiger partial charge in [0, 0.05) is 18.4 Å². The third-order valence-corrected chi connectivity index (χ3v) is 2.71. The maximum absolute atomic E-state index is 12.3. The van der Waals surface area contributed by atoms with E-state index in [1.54, 1.807) is 4.90 Å². The van der Waals surface area contributed by atoms with E-state index in [0.29, 0.717) is 13.1 Å². The molecule has 0 aliphatic heterocycles. The quantitative estimate of drug-likeness (QED) is 0.698. The van der Waals surface area contributed by atoms with Crippen molar-refractivity contribution in [2.45, 2.75) is 12.8 Å². The first kappa shape index (κ1) is 13.6. The second-order valence-corrected chi connectivity index (χ2v) is 4.41. The number of rotatable bonds is 7. The molecule has 90 valence electrons. The summed E-state index contributed by atoms with van der Waals surface area (Å²) >= 11 is 3.28. The first-order chi connectivity index (χ1) is 7.72. The summed E-state index contributed by atoms with van der Waals surface area (Å²) in [5.41, 5.74) is 1.19. The van der Waals surface area contributed by atoms with Gasteiger partial charge < -0.3 is 0 Å². The fraction of sp³-hybridized carbons (Fsp3) is 0.500. The summed E-state index contributed by atoms with van der Waals surface area (Å²) in [6, 6.07) is 9.94. The number of nitrogens with zero attached hydrogens (tertiary/aromatic N) is 1. The van der Waals surface area contributed by atoms with Crippen LogP contribution < -0.4 is 0 Å². The van der Waals surface area contributed by atoms with Crippen molar-refractivity contribution in [1.82, 2.24) is 4.90 Å². The molecule has 0 heterocycles. The van der Waals surface area contributed by atoms with Gasteiger partial charge in [-0.15, -0.1) is 0 Å². The molecule has 1 rings (SSSR count). The van der Waals surface area contributed by atoms with Gasteiger partial charge in [-0.05, 0) is 12.0 Å². The van der Waals surface area contributed by atoms with Crippen molar-refractivity contribution in [2.75, 3.05) is 25.0 Å². The zero-order valence-corrected chi connectivity index (χ0v) is 10.7. The van der Waals surface area contributed by atoms with Gasteiger partial charge in [-0.1, -0.05) is 46.3 Å². The maximum Gasteiger partial charge on any atom is 0.251 e. The first-order valence-electron chi connectivity index (χ1n) is 5.32. The van der Waals surface area contributed by atoms with E-state index >= 15 is 0 Å². The summed E-state index contributed by atoms with van der Waals surface area (Å²) in [6.45, 7) is 1.20. The Balaban J connectivity index is 2.37. The molecular weight excluding hydrogens is 276 g/mol. The molecule has 0 fully saturated rings. The Labute approximate surface area is 104 Å². The van der Waals surface area contributed by atoms with Crippen molar-refractivity contribution in [3.63, 3.8) is 0 Å². The van der Waals surface area contributed by atoms with E-state index in [-0.39, 0.29) is 6.54 Å². The monoisotopic (exact) mass is 291 g/mol. The van der Waals surface area contributed by atoms with Gasteiger partial charge in [0.25, 0.3) is 6.43 Å². The van der Waals surface area contributed by atoms with Crippen LogP contribution in [-0.2, 0) is 6.42 Å². The van der Waals surface area contributed by atoms with Crippen molar-refractivity contribution >= 4 is 15.9 Å². The van der Waals surface area contributed by atoms with Crippen molar-refractivity contribution in [1.29, 1.82) is 0 Å². The molecule has 4 heteroatoms. The van der Waals surface area contributed by atoms with Crippen LogP contribution >= 0.6 is 15.9 Å². The van der Waals surface area contributed by atoms with Crippen LogP contribution in [0.4, 0.5) is 8.78 Å². The molecule has 0 radical (unpaired) electrons. The van der Waals surface area contributed by atoms with E-state index in [0.717, 1.165) is 11.8 Å². The maximum atomic E-state index is 12.3. The molecule has 0 aliphatic rings. The van der Waals surface area contributed by atoms with Crippen LogP contribution in [0.2, 0.25) is 0 Å². The molecule has 1 nitrogen and oxygen atoms in total. The third-order valence-electron chi connectivity index (χ3n) is 2.36. The van der Waals surface area contributed by atoms with Gasteiger partial charge in [0.05, 0.1) is 6.54 Å². The van der Waals surface area contributed by atoms with Gasteiger partial charge in [0.2, 0.25) is 0 Å². The minimum atomic E-state index is -2.25. The molecule has 1 aromatic rings. The highest BCUT2D eigenvalue weighted by Crippen LogP contribution is 2.04. The minimum Gasteiger partial charge on any atom is -0.297 e. The second-order valence-electron chi connectivity index (χ2n) is 3.62. The van der Waals surface area contributed by atoms with Crippen LogP contribution in [0.15, 0.2) is 30.3 Å². The SMILES string of the molecule is FC(F)CN(CCBr)CCc1ccccc1. The second kappa shape index (κ2) is 7.74. The summed E-state index contributed by atoms with van der Waals surface area (Å²) in [6.07, 6.45) is -1.43. The first-order valence-corrected chi connectivity index (χ1v) is 6.45. The van der Waals surface area contributed by atoms with Gasteiger partial charge in [-0.2, -0.15) is 0 Å². The van der Waals surface area contributed by atoms with Gasteiger partial charge in [-0.3, -0.25) is 4.90 Å². The van der Waals surface area contributed by atoms with Crippen LogP contribution in [0.3, 0.4) is 0 Å². The lowest BCUT2D eigenvalue weighted by atomic mass is 10.1. The molecule has 0 saturated carbocycles. The molecular formula is C12H16BrF2N. The molecule has 0 atom stereocenters. The molecule has 0 bridgehead atoms. The van der Waals surface area contributed by atoms with Crippen LogP contribution in [0, 0.1) is 0 Å². The molecule has 0 spiro atoms. The standard InChI is InChI=1S/C12H16BrF2N/c13-7-9-16(10-12(14)15)8-6-11-4-2-1-3-5-11/h1-5,12H,6-10H2. The van der Waals surface area contributed by atoms with Crippen molar-refractivity contribution < 1.29 is 8.78 Å². The van der Waals surface area contributed by atoms with Crippen LogP contribution in [0.1, 0.15) is 5.56 Å². The Bertz CT molecular complexity index is 280. The van der Waals surface area contributed by atoms with E-state index in [4.69, 9.17) is 0 Å². The summed E-state index contributed by atoms with van der Waals surface area (Å²) in [5.74, 6) is 0. The summed E-state index contributed by atoms with van der Waals surface area (Å²) in [4.78, 5) is 1.78. The predicted molar refractivity (Wildman–Crippen MR) is 66.4 cm³/mol. The highest BCUT2D eigenvalue weighted by Gasteiger charge is 2.10. The molecule has 0 aromatic heterocycles. The lowest BCUT2D eigenvalue weighted by Gasteiger charge is -2.20. The average molecular weight is 292 g/mol. The summed E-state index contributed by atoms with van der Waals surface area (Å²) < 4.78 is 24.6. The lowest BCUT2D eigenvalue weighted by Crippen LogP contribution is -2.32. The fourth-order valence-electron chi connectivity index (χ4n) is 1.54. The van der Waals surface area contributed by atoms with Gasteiger partial charge in [-0.25, -0.2) is 8.78 Å². The van der Waals surface area contributed by atoms with E-state index < -0.39 is 6.43 Å². The molecule has 0 unspecified atom stereocenters. The Hall–Kier alpha value is -0.480.